The second-order valence-corrected chi connectivity index (χ2v) is 7.86. The molecule has 0 aliphatic carbocycles. The number of benzene rings is 3. The number of esters is 1. The second kappa shape index (κ2) is 12.9. The van der Waals surface area contributed by atoms with Crippen molar-refractivity contribution in [1.82, 2.24) is 10.6 Å². The molecule has 2 N–H and O–H groups in total. The highest BCUT2D eigenvalue weighted by Gasteiger charge is 2.17. The van der Waals surface area contributed by atoms with Crippen LogP contribution in [0.25, 0.3) is 6.08 Å². The largest absolute Gasteiger partial charge is 0.497 e. The standard InChI is InChI=1S/C27H23ClN2O6/c1-35-22-13-7-18(8-14-22)15-23(30-26(33)20-5-3-2-4-6-20)27(34)29-16-25(32)36-17-24(31)19-9-11-21(28)12-10-19/h2-15H,16-17H2,1H3,(H,29,34)(H,30,33)/b23-15-. The molecule has 0 fully saturated rings. The molecule has 3 aromatic rings. The molecule has 0 aliphatic rings. The molecule has 184 valence electrons. The smallest absolute Gasteiger partial charge is 0.325 e. The lowest BCUT2D eigenvalue weighted by atomic mass is 10.1. The van der Waals surface area contributed by atoms with Gasteiger partial charge in [0.05, 0.1) is 7.11 Å². The minimum atomic E-state index is -0.816. The third-order valence-corrected chi connectivity index (χ3v) is 5.13. The van der Waals surface area contributed by atoms with Crippen molar-refractivity contribution in [1.29, 1.82) is 0 Å². The second-order valence-electron chi connectivity index (χ2n) is 7.42. The summed E-state index contributed by atoms with van der Waals surface area (Å²) in [5, 5.41) is 5.45. The first kappa shape index (κ1) is 26.2. The minimum Gasteiger partial charge on any atom is -0.497 e. The highest BCUT2D eigenvalue weighted by atomic mass is 35.5. The van der Waals surface area contributed by atoms with Crippen molar-refractivity contribution in [3.63, 3.8) is 0 Å². The molecule has 0 saturated heterocycles. The first-order chi connectivity index (χ1) is 17.4. The molecule has 8 nitrogen and oxygen atoms in total. The van der Waals surface area contributed by atoms with Gasteiger partial charge in [-0.25, -0.2) is 0 Å². The Labute approximate surface area is 212 Å². The van der Waals surface area contributed by atoms with Crippen molar-refractivity contribution >= 4 is 41.2 Å². The lowest BCUT2D eigenvalue weighted by molar-refractivity contribution is -0.142. The Morgan fingerprint density at radius 2 is 1.53 bits per heavy atom. The molecule has 0 spiro atoms. The number of halogens is 1. The van der Waals surface area contributed by atoms with E-state index in [9.17, 15) is 19.2 Å². The van der Waals surface area contributed by atoms with Gasteiger partial charge in [0.15, 0.2) is 12.4 Å². The van der Waals surface area contributed by atoms with E-state index in [-0.39, 0.29) is 5.70 Å². The number of carbonyl (C=O) groups is 4. The number of ether oxygens (including phenoxy) is 2. The van der Waals surface area contributed by atoms with Crippen molar-refractivity contribution in [2.45, 2.75) is 0 Å². The molecular weight excluding hydrogens is 484 g/mol. The van der Waals surface area contributed by atoms with Gasteiger partial charge in [-0.2, -0.15) is 0 Å². The van der Waals surface area contributed by atoms with E-state index < -0.39 is 36.7 Å². The Morgan fingerprint density at radius 1 is 0.861 bits per heavy atom. The number of hydrogen-bond acceptors (Lipinski definition) is 6. The van der Waals surface area contributed by atoms with Gasteiger partial charge in [0, 0.05) is 16.1 Å². The minimum absolute atomic E-state index is 0.0842. The molecule has 0 unspecified atom stereocenters. The number of carbonyl (C=O) groups excluding carboxylic acids is 4. The summed E-state index contributed by atoms with van der Waals surface area (Å²) in [5.41, 5.74) is 1.22. The zero-order valence-electron chi connectivity index (χ0n) is 19.3. The Kier molecular flexibility index (Phi) is 9.36. The molecule has 0 bridgehead atoms. The predicted octanol–water partition coefficient (Wildman–Crippen LogP) is 3.66. The molecule has 0 aliphatic heterocycles. The molecule has 3 aromatic carbocycles. The zero-order valence-corrected chi connectivity index (χ0v) is 20.1. The number of nitrogens with one attached hydrogen (secondary N) is 2. The normalized spacial score (nSPS) is 10.8. The Bertz CT molecular complexity index is 1260. The average molecular weight is 507 g/mol. The SMILES string of the molecule is COc1ccc(/C=C(\NC(=O)c2ccccc2)C(=O)NCC(=O)OCC(=O)c2ccc(Cl)cc2)cc1. The summed E-state index contributed by atoms with van der Waals surface area (Å²) >= 11 is 5.80. The maximum atomic E-state index is 12.8. The highest BCUT2D eigenvalue weighted by molar-refractivity contribution is 6.30. The summed E-state index contributed by atoms with van der Waals surface area (Å²) < 4.78 is 10.1. The third kappa shape index (κ3) is 7.82. The van der Waals surface area contributed by atoms with Gasteiger partial charge in [-0.1, -0.05) is 41.9 Å². The van der Waals surface area contributed by atoms with E-state index in [0.717, 1.165) is 0 Å². The van der Waals surface area contributed by atoms with Crippen LogP contribution in [0, 0.1) is 0 Å². The van der Waals surface area contributed by atoms with Gasteiger partial charge in [0.1, 0.15) is 18.0 Å². The summed E-state index contributed by atoms with van der Waals surface area (Å²) in [6.07, 6.45) is 1.46. The fourth-order valence-corrected chi connectivity index (χ4v) is 3.10. The van der Waals surface area contributed by atoms with Crippen LogP contribution in [0.4, 0.5) is 0 Å². The van der Waals surface area contributed by atoms with Gasteiger partial charge in [0.25, 0.3) is 11.8 Å². The van der Waals surface area contributed by atoms with E-state index in [4.69, 9.17) is 21.1 Å². The maximum absolute atomic E-state index is 12.8. The van der Waals surface area contributed by atoms with Crippen molar-refractivity contribution < 1.29 is 28.7 Å². The lowest BCUT2D eigenvalue weighted by Gasteiger charge is -2.11. The van der Waals surface area contributed by atoms with Gasteiger partial charge in [0.2, 0.25) is 0 Å². The van der Waals surface area contributed by atoms with Gasteiger partial charge < -0.3 is 20.1 Å². The van der Waals surface area contributed by atoms with Crippen LogP contribution in [0.3, 0.4) is 0 Å². The summed E-state index contributed by atoms with van der Waals surface area (Å²) in [4.78, 5) is 49.7. The molecule has 36 heavy (non-hydrogen) atoms. The zero-order chi connectivity index (χ0) is 25.9. The van der Waals surface area contributed by atoms with E-state index >= 15 is 0 Å². The molecule has 2 amide bonds. The maximum Gasteiger partial charge on any atom is 0.325 e. The van der Waals surface area contributed by atoms with Crippen LogP contribution in [-0.2, 0) is 14.3 Å². The van der Waals surface area contributed by atoms with Gasteiger partial charge >= 0.3 is 5.97 Å². The average Bonchev–Trinajstić information content (AvgIpc) is 2.91. The monoisotopic (exact) mass is 506 g/mol. The number of methoxy groups -OCH3 is 1. The summed E-state index contributed by atoms with van der Waals surface area (Å²) in [5.74, 6) is -1.81. The highest BCUT2D eigenvalue weighted by Crippen LogP contribution is 2.14. The lowest BCUT2D eigenvalue weighted by Crippen LogP contribution is -2.38. The first-order valence-corrected chi connectivity index (χ1v) is 11.2. The van der Waals surface area contributed by atoms with Crippen molar-refractivity contribution in [2.75, 3.05) is 20.3 Å². The van der Waals surface area contributed by atoms with Crippen molar-refractivity contribution in [3.05, 3.63) is 106 Å². The predicted molar refractivity (Wildman–Crippen MR) is 135 cm³/mol. The molecular formula is C27H23ClN2O6. The number of hydrogen-bond donors (Lipinski definition) is 2. The fraction of sp³-hybridized carbons (Fsp3) is 0.111. The van der Waals surface area contributed by atoms with Gasteiger partial charge in [-0.3, -0.25) is 19.2 Å². The quantitative estimate of drug-likeness (QED) is 0.247. The van der Waals surface area contributed by atoms with Gasteiger partial charge in [-0.05, 0) is 60.2 Å². The fourth-order valence-electron chi connectivity index (χ4n) is 2.97. The van der Waals surface area contributed by atoms with E-state index in [1.54, 1.807) is 66.7 Å². The Morgan fingerprint density at radius 3 is 2.17 bits per heavy atom. The number of rotatable bonds is 10. The molecule has 0 radical (unpaired) electrons. The van der Waals surface area contributed by atoms with E-state index in [0.29, 0.717) is 27.5 Å². The molecule has 0 aromatic heterocycles. The molecule has 0 saturated carbocycles. The van der Waals surface area contributed by atoms with Crippen LogP contribution < -0.4 is 15.4 Å². The van der Waals surface area contributed by atoms with Crippen LogP contribution in [0.5, 0.6) is 5.75 Å². The summed E-state index contributed by atoms with van der Waals surface area (Å²) in [6.45, 7) is -0.997. The third-order valence-electron chi connectivity index (χ3n) is 4.88. The topological polar surface area (TPSA) is 111 Å². The summed E-state index contributed by atoms with van der Waals surface area (Å²) in [7, 11) is 1.53. The molecule has 3 rings (SSSR count). The molecule has 0 heterocycles. The molecule has 9 heteroatoms. The number of ketones is 1. The van der Waals surface area contributed by atoms with E-state index in [1.807, 2.05) is 0 Å². The van der Waals surface area contributed by atoms with Crippen molar-refractivity contribution in [3.8, 4) is 5.75 Å². The van der Waals surface area contributed by atoms with E-state index in [2.05, 4.69) is 10.6 Å². The van der Waals surface area contributed by atoms with Crippen LogP contribution in [0.15, 0.2) is 84.6 Å². The van der Waals surface area contributed by atoms with Crippen molar-refractivity contribution in [2.24, 2.45) is 0 Å². The van der Waals surface area contributed by atoms with Crippen LogP contribution in [-0.4, -0.2) is 43.8 Å². The van der Waals surface area contributed by atoms with E-state index in [1.165, 1.54) is 25.3 Å². The number of amides is 2. The van der Waals surface area contributed by atoms with Crippen LogP contribution in [0.1, 0.15) is 26.3 Å². The number of Topliss-reactive ketones (excluding diaryl/α,β-unsaturated/α-hetero) is 1. The van der Waals surface area contributed by atoms with Crippen LogP contribution >= 0.6 is 11.6 Å². The molecule has 0 atom stereocenters. The first-order valence-electron chi connectivity index (χ1n) is 10.8. The summed E-state index contributed by atoms with van der Waals surface area (Å²) in [6, 6.07) is 21.3. The Hall–Kier alpha value is -4.43. The van der Waals surface area contributed by atoms with Gasteiger partial charge in [-0.15, -0.1) is 0 Å². The van der Waals surface area contributed by atoms with Crippen LogP contribution in [0.2, 0.25) is 5.02 Å². The Balaban J connectivity index is 1.64.